The molecular formula is C74H89BN2O. The van der Waals surface area contributed by atoms with E-state index in [0.717, 1.165) is 56.2 Å². The number of nitrogens with zero attached hydrogens (tertiary/aromatic N) is 2. The Labute approximate surface area is 470 Å². The van der Waals surface area contributed by atoms with Crippen molar-refractivity contribution in [2.24, 2.45) is 0 Å². The number of rotatable bonds is 3. The van der Waals surface area contributed by atoms with Gasteiger partial charge in [0.25, 0.3) is 6.71 Å². The molecule has 0 saturated heterocycles. The van der Waals surface area contributed by atoms with Crippen molar-refractivity contribution in [3.63, 3.8) is 0 Å². The smallest absolute Gasteiger partial charge is 0.297 e. The Kier molecular flexibility index (Phi) is 10.7. The van der Waals surface area contributed by atoms with Gasteiger partial charge in [0.05, 0.1) is 17.0 Å². The van der Waals surface area contributed by atoms with Crippen molar-refractivity contribution >= 4 is 68.4 Å². The van der Waals surface area contributed by atoms with Gasteiger partial charge in [-0.1, -0.05) is 174 Å². The highest BCUT2D eigenvalue weighted by Gasteiger charge is 2.51. The quantitative estimate of drug-likeness (QED) is 0.164. The predicted molar refractivity (Wildman–Crippen MR) is 336 cm³/mol. The molecular weight excluding hydrogens is 944 g/mol. The van der Waals surface area contributed by atoms with E-state index in [0.29, 0.717) is 0 Å². The molecule has 0 fully saturated rings. The van der Waals surface area contributed by atoms with Crippen LogP contribution in [0.5, 0.6) is 0 Å². The van der Waals surface area contributed by atoms with Crippen LogP contribution in [0.25, 0.3) is 22.1 Å². The molecule has 4 aliphatic carbocycles. The van der Waals surface area contributed by atoms with Gasteiger partial charge in [-0.25, -0.2) is 0 Å². The number of hydrogen-bond donors (Lipinski definition) is 0. The van der Waals surface area contributed by atoms with E-state index in [1.54, 1.807) is 0 Å². The van der Waals surface area contributed by atoms with Crippen molar-refractivity contribution in [3.8, 4) is 11.1 Å². The summed E-state index contributed by atoms with van der Waals surface area (Å²) in [5.74, 6) is 0. The first kappa shape index (κ1) is 51.9. The summed E-state index contributed by atoms with van der Waals surface area (Å²) >= 11 is 0. The minimum Gasteiger partial charge on any atom is -0.468 e. The highest BCUT2D eigenvalue weighted by atomic mass is 16.3. The Morgan fingerprint density at radius 2 is 0.846 bits per heavy atom. The minimum atomic E-state index is -0.167. The van der Waals surface area contributed by atoms with Gasteiger partial charge in [-0.15, -0.1) is 0 Å². The lowest BCUT2D eigenvalue weighted by atomic mass is 9.35. The zero-order valence-electron chi connectivity index (χ0n) is 51.3. The second kappa shape index (κ2) is 16.1. The Hall–Kier alpha value is -5.48. The summed E-state index contributed by atoms with van der Waals surface area (Å²) in [5, 5.41) is 1.23. The van der Waals surface area contributed by atoms with Crippen LogP contribution in [-0.4, -0.2) is 6.71 Å². The third-order valence-electron chi connectivity index (χ3n) is 21.9. The van der Waals surface area contributed by atoms with Crippen molar-refractivity contribution in [2.75, 3.05) is 9.80 Å². The fourth-order valence-corrected chi connectivity index (χ4v) is 15.9. The summed E-state index contributed by atoms with van der Waals surface area (Å²) in [4.78, 5) is 5.49. The van der Waals surface area contributed by atoms with E-state index in [9.17, 15) is 0 Å². The lowest BCUT2D eigenvalue weighted by Crippen LogP contribution is -2.61. The number of fused-ring (bicyclic) bond motifs is 10. The number of furan rings is 1. The third-order valence-corrected chi connectivity index (χ3v) is 21.9. The summed E-state index contributed by atoms with van der Waals surface area (Å²) in [5.41, 5.74) is 28.1. The Morgan fingerprint density at radius 3 is 1.37 bits per heavy atom. The SMILES string of the molecule is CC(C)(C)c1cc2c3c(c1)N(c1ccc4c(c1)C(C)(C)CCC4(C)C)c1c(oc4cc5c(cc14)C(C)(C)CCC5(C)C)B3c1cc3c(cc1N2c1cc2c(cc1-c1ccccc1)C(C)(C)CCC2(C)C)C(C)(C)CCC3(C)C. The summed E-state index contributed by atoms with van der Waals surface area (Å²) in [7, 11) is 0. The van der Waals surface area contributed by atoms with E-state index < -0.39 is 0 Å². The number of benzene rings is 6. The molecule has 78 heavy (non-hydrogen) atoms. The van der Waals surface area contributed by atoms with Crippen LogP contribution in [0.2, 0.25) is 0 Å². The minimum absolute atomic E-state index is 0.00158. The van der Waals surface area contributed by atoms with Gasteiger partial charge in [0.1, 0.15) is 5.58 Å². The molecule has 1 aromatic heterocycles. The number of hydrogen-bond acceptors (Lipinski definition) is 3. The Bertz CT molecular complexity index is 3690. The summed E-state index contributed by atoms with van der Waals surface area (Å²) < 4.78 is 7.90. The average molecular weight is 1030 g/mol. The first-order valence-corrected chi connectivity index (χ1v) is 30.2. The fraction of sp³-hybridized carbons (Fsp3) is 0.486. The van der Waals surface area contributed by atoms with Crippen LogP contribution in [0.3, 0.4) is 0 Å². The van der Waals surface area contributed by atoms with Gasteiger partial charge in [0.15, 0.2) is 0 Å². The zero-order chi connectivity index (χ0) is 55.6. The molecule has 3 heterocycles. The lowest BCUT2D eigenvalue weighted by Gasteiger charge is -2.48. The van der Waals surface area contributed by atoms with Crippen LogP contribution >= 0.6 is 0 Å². The van der Waals surface area contributed by atoms with Crippen LogP contribution in [0.4, 0.5) is 34.1 Å². The molecule has 0 atom stereocenters. The third kappa shape index (κ3) is 7.48. The highest BCUT2D eigenvalue weighted by Crippen LogP contribution is 2.58. The van der Waals surface area contributed by atoms with Crippen molar-refractivity contribution in [2.45, 2.75) is 232 Å². The van der Waals surface area contributed by atoms with Crippen molar-refractivity contribution in [1.82, 2.24) is 0 Å². The van der Waals surface area contributed by atoms with Gasteiger partial charge in [0.2, 0.25) is 0 Å². The molecule has 6 aliphatic rings. The van der Waals surface area contributed by atoms with Crippen molar-refractivity contribution < 1.29 is 4.42 Å². The maximum absolute atomic E-state index is 7.90. The standard InChI is InChI=1S/C74H89BN2O/c1-66(2,3)45-35-60-63-61(36-45)77(58-41-54-51(69(8,9)29-32-72(54,14)15)38-47(58)44-23-21-20-22-24-44)59-42-55-53(71(12,13)31-33-73(55,16)17)40-57(59)75(63)65-64(48-39-52-56(43-62(48)78-65)74(18,19)34-30-70(52,10)11)76(60)46-25-26-49-50(37-46)68(6,7)28-27-67(49,4)5/h20-26,35-43H,27-34H2,1-19H3. The van der Waals surface area contributed by atoms with Crippen molar-refractivity contribution in [3.05, 3.63) is 147 Å². The molecule has 7 aromatic rings. The molecule has 0 radical (unpaired) electrons. The molecule has 0 unspecified atom stereocenters. The molecule has 0 saturated carbocycles. The van der Waals surface area contributed by atoms with Gasteiger partial charge in [-0.05, 0) is 221 Å². The number of anilines is 6. The second-order valence-electron chi connectivity index (χ2n) is 32.0. The molecule has 404 valence electrons. The van der Waals surface area contributed by atoms with E-state index in [2.05, 4.69) is 238 Å². The van der Waals surface area contributed by atoms with Gasteiger partial charge < -0.3 is 14.2 Å². The topological polar surface area (TPSA) is 19.6 Å². The largest absolute Gasteiger partial charge is 0.468 e. The van der Waals surface area contributed by atoms with E-state index >= 15 is 0 Å². The molecule has 2 aliphatic heterocycles. The first-order chi connectivity index (χ1) is 36.2. The lowest BCUT2D eigenvalue weighted by molar-refractivity contribution is 0.332. The maximum Gasteiger partial charge on any atom is 0.297 e. The monoisotopic (exact) mass is 1030 g/mol. The van der Waals surface area contributed by atoms with Gasteiger partial charge >= 0.3 is 0 Å². The van der Waals surface area contributed by atoms with Gasteiger partial charge in [-0.3, -0.25) is 0 Å². The van der Waals surface area contributed by atoms with E-state index in [-0.39, 0.29) is 55.4 Å². The van der Waals surface area contributed by atoms with Crippen LogP contribution in [-0.2, 0) is 48.7 Å². The summed E-state index contributed by atoms with van der Waals surface area (Å²) in [6.45, 7) is 46.9. The highest BCUT2D eigenvalue weighted by molar-refractivity contribution is 7.00. The fourth-order valence-electron chi connectivity index (χ4n) is 15.9. The second-order valence-corrected chi connectivity index (χ2v) is 32.0. The van der Waals surface area contributed by atoms with E-state index in [4.69, 9.17) is 4.42 Å². The Morgan fingerprint density at radius 1 is 0.410 bits per heavy atom. The normalized spacial score (nSPS) is 21.9. The molecule has 13 rings (SSSR count). The summed E-state index contributed by atoms with van der Waals surface area (Å²) in [6.07, 6.45) is 9.27. The van der Waals surface area contributed by atoms with Gasteiger partial charge in [-0.2, -0.15) is 0 Å². The van der Waals surface area contributed by atoms with Crippen LogP contribution in [0.1, 0.15) is 233 Å². The molecule has 0 bridgehead atoms. The molecule has 3 nitrogen and oxygen atoms in total. The van der Waals surface area contributed by atoms with Gasteiger partial charge in [0, 0.05) is 33.7 Å². The van der Waals surface area contributed by atoms with Crippen molar-refractivity contribution in [1.29, 1.82) is 0 Å². The molecule has 0 N–H and O–H groups in total. The van der Waals surface area contributed by atoms with Crippen LogP contribution in [0.15, 0.2) is 101 Å². The molecule has 0 amide bonds. The van der Waals surface area contributed by atoms with Crippen LogP contribution < -0.4 is 26.4 Å². The maximum atomic E-state index is 7.90. The zero-order valence-corrected chi connectivity index (χ0v) is 51.3. The molecule has 6 aromatic carbocycles. The predicted octanol–water partition coefficient (Wildman–Crippen LogP) is 18.9. The molecule has 4 heteroatoms. The van der Waals surface area contributed by atoms with Crippen LogP contribution in [0, 0.1) is 0 Å². The molecule has 0 spiro atoms. The Balaban J connectivity index is 1.22. The van der Waals surface area contributed by atoms with E-state index in [1.807, 2.05) is 0 Å². The van der Waals surface area contributed by atoms with E-state index in [1.165, 1.54) is 118 Å². The first-order valence-electron chi connectivity index (χ1n) is 30.2. The average Bonchev–Trinajstić information content (AvgIpc) is 3.96. The summed E-state index contributed by atoms with van der Waals surface area (Å²) in [6, 6.07) is 39.9.